The van der Waals surface area contributed by atoms with E-state index in [2.05, 4.69) is 15.6 Å². The molecule has 0 aliphatic rings. The Balaban J connectivity index is 1.77. The number of pyridine rings is 1. The Morgan fingerprint density at radius 1 is 1.12 bits per heavy atom. The molecule has 0 saturated heterocycles. The summed E-state index contributed by atoms with van der Waals surface area (Å²) in [5, 5.41) is 5.12. The molecule has 7 heteroatoms. The van der Waals surface area contributed by atoms with Crippen molar-refractivity contribution >= 4 is 23.5 Å². The molecule has 0 bridgehead atoms. The number of fused-ring (bicyclic) bond motifs is 1. The van der Waals surface area contributed by atoms with Crippen molar-refractivity contribution in [3.63, 3.8) is 0 Å². The zero-order valence-corrected chi connectivity index (χ0v) is 13.0. The van der Waals surface area contributed by atoms with Crippen molar-refractivity contribution in [2.24, 2.45) is 0 Å². The van der Waals surface area contributed by atoms with Gasteiger partial charge < -0.3 is 10.1 Å². The second-order valence-electron chi connectivity index (χ2n) is 5.02. The molecule has 0 spiro atoms. The largest absolute Gasteiger partial charge is 0.444 e. The molecule has 1 aromatic carbocycles. The molecule has 122 valence electrons. The Morgan fingerprint density at radius 3 is 2.67 bits per heavy atom. The van der Waals surface area contributed by atoms with E-state index in [1.165, 1.54) is 0 Å². The number of imidazole rings is 1. The minimum atomic E-state index is -0.641. The monoisotopic (exact) mass is 324 g/mol. The smallest absolute Gasteiger partial charge is 0.414 e. The van der Waals surface area contributed by atoms with Crippen LogP contribution in [0.25, 0.3) is 5.52 Å². The number of rotatable bonds is 4. The molecule has 24 heavy (non-hydrogen) atoms. The van der Waals surface area contributed by atoms with Crippen LogP contribution in [0.1, 0.15) is 16.1 Å². The van der Waals surface area contributed by atoms with Crippen LogP contribution >= 0.6 is 0 Å². The highest BCUT2D eigenvalue weighted by Gasteiger charge is 2.15. The lowest BCUT2D eigenvalue weighted by molar-refractivity contribution is 0.0956. The first kappa shape index (κ1) is 15.5. The van der Waals surface area contributed by atoms with E-state index < -0.39 is 6.09 Å². The van der Waals surface area contributed by atoms with Crippen LogP contribution in [0.2, 0.25) is 0 Å². The van der Waals surface area contributed by atoms with Gasteiger partial charge in [0.2, 0.25) is 5.95 Å². The summed E-state index contributed by atoms with van der Waals surface area (Å²) in [6, 6.07) is 14.5. The van der Waals surface area contributed by atoms with Gasteiger partial charge in [-0.3, -0.25) is 14.5 Å². The number of nitrogens with one attached hydrogen (secondary N) is 2. The maximum atomic E-state index is 12.0. The zero-order valence-electron chi connectivity index (χ0n) is 13.0. The highest BCUT2D eigenvalue weighted by Crippen LogP contribution is 2.15. The highest BCUT2D eigenvalue weighted by molar-refractivity contribution is 5.94. The number of carbonyl (C=O) groups excluding carboxylic acids is 2. The van der Waals surface area contributed by atoms with Gasteiger partial charge in [0.25, 0.3) is 5.91 Å². The molecule has 7 nitrogen and oxygen atoms in total. The van der Waals surface area contributed by atoms with E-state index in [1.807, 2.05) is 30.3 Å². The fraction of sp³-hybridized carbons (Fsp3) is 0.118. The van der Waals surface area contributed by atoms with Crippen molar-refractivity contribution in [2.75, 3.05) is 12.4 Å². The quantitative estimate of drug-likeness (QED) is 0.772. The van der Waals surface area contributed by atoms with E-state index in [9.17, 15) is 9.59 Å². The van der Waals surface area contributed by atoms with Crippen LogP contribution in [0, 0.1) is 0 Å². The van der Waals surface area contributed by atoms with E-state index in [1.54, 1.807) is 35.8 Å². The average Bonchev–Trinajstić information content (AvgIpc) is 3.03. The summed E-state index contributed by atoms with van der Waals surface area (Å²) in [5.41, 5.74) is 1.94. The third-order valence-corrected chi connectivity index (χ3v) is 3.44. The standard InChI is InChI=1S/C17H16N4O3/c1-18-15(22)14-9-5-8-13-10-19-16(21(13)14)20-17(23)24-11-12-6-3-2-4-7-12/h2-10H,11H2,1H3,(H,18,22)(H,19,20,23). The molecule has 0 fully saturated rings. The molecule has 0 aliphatic carbocycles. The Labute approximate surface area is 138 Å². The molecule has 2 amide bonds. The number of ether oxygens (including phenoxy) is 1. The van der Waals surface area contributed by atoms with Crippen molar-refractivity contribution in [2.45, 2.75) is 6.61 Å². The van der Waals surface area contributed by atoms with E-state index in [0.717, 1.165) is 5.56 Å². The van der Waals surface area contributed by atoms with Crippen LogP contribution in [0.4, 0.5) is 10.7 Å². The van der Waals surface area contributed by atoms with Gasteiger partial charge in [-0.25, -0.2) is 9.78 Å². The third-order valence-electron chi connectivity index (χ3n) is 3.44. The van der Waals surface area contributed by atoms with Crippen LogP contribution in [0.5, 0.6) is 0 Å². The van der Waals surface area contributed by atoms with Crippen LogP contribution in [-0.4, -0.2) is 28.4 Å². The predicted octanol–water partition coefficient (Wildman–Crippen LogP) is 2.44. The molecule has 0 unspecified atom stereocenters. The molecule has 0 atom stereocenters. The van der Waals surface area contributed by atoms with Crippen molar-refractivity contribution in [1.29, 1.82) is 0 Å². The van der Waals surface area contributed by atoms with Crippen molar-refractivity contribution in [1.82, 2.24) is 14.7 Å². The lowest BCUT2D eigenvalue weighted by Gasteiger charge is -2.09. The van der Waals surface area contributed by atoms with Gasteiger partial charge in [0, 0.05) is 7.05 Å². The predicted molar refractivity (Wildman–Crippen MR) is 88.8 cm³/mol. The summed E-state index contributed by atoms with van der Waals surface area (Å²) in [7, 11) is 1.54. The fourth-order valence-electron chi connectivity index (χ4n) is 2.29. The van der Waals surface area contributed by atoms with Gasteiger partial charge >= 0.3 is 6.09 Å². The number of hydrogen-bond acceptors (Lipinski definition) is 4. The summed E-state index contributed by atoms with van der Waals surface area (Å²) in [4.78, 5) is 28.1. The van der Waals surface area contributed by atoms with Gasteiger partial charge in [-0.1, -0.05) is 36.4 Å². The van der Waals surface area contributed by atoms with Crippen molar-refractivity contribution < 1.29 is 14.3 Å². The van der Waals surface area contributed by atoms with E-state index in [4.69, 9.17) is 4.74 Å². The van der Waals surface area contributed by atoms with Gasteiger partial charge in [0.1, 0.15) is 12.3 Å². The Kier molecular flexibility index (Phi) is 4.42. The van der Waals surface area contributed by atoms with Crippen molar-refractivity contribution in [3.05, 3.63) is 66.0 Å². The lowest BCUT2D eigenvalue weighted by Crippen LogP contribution is -2.22. The maximum absolute atomic E-state index is 12.0. The molecule has 0 aliphatic heterocycles. The number of aromatic nitrogens is 2. The van der Waals surface area contributed by atoms with Gasteiger partial charge in [-0.2, -0.15) is 0 Å². The number of amides is 2. The van der Waals surface area contributed by atoms with Gasteiger partial charge in [-0.15, -0.1) is 0 Å². The second-order valence-corrected chi connectivity index (χ2v) is 5.02. The van der Waals surface area contributed by atoms with Gasteiger partial charge in [0.15, 0.2) is 0 Å². The number of anilines is 1. The molecule has 2 N–H and O–H groups in total. The van der Waals surface area contributed by atoms with Gasteiger partial charge in [-0.05, 0) is 17.7 Å². The summed E-state index contributed by atoms with van der Waals surface area (Å²) in [6.45, 7) is 0.151. The van der Waals surface area contributed by atoms with Crippen molar-refractivity contribution in [3.8, 4) is 0 Å². The molecule has 3 aromatic rings. The van der Waals surface area contributed by atoms with E-state index >= 15 is 0 Å². The highest BCUT2D eigenvalue weighted by atomic mass is 16.5. The molecule has 3 rings (SSSR count). The van der Waals surface area contributed by atoms with Crippen LogP contribution in [-0.2, 0) is 11.3 Å². The van der Waals surface area contributed by atoms with Crippen LogP contribution in [0.3, 0.4) is 0 Å². The molecule has 0 saturated carbocycles. The first-order valence-electron chi connectivity index (χ1n) is 7.35. The molecule has 0 radical (unpaired) electrons. The number of benzene rings is 1. The molecular formula is C17H16N4O3. The van der Waals surface area contributed by atoms with E-state index in [0.29, 0.717) is 11.2 Å². The average molecular weight is 324 g/mol. The molecular weight excluding hydrogens is 308 g/mol. The Bertz CT molecular complexity index is 874. The number of nitrogens with zero attached hydrogens (tertiary/aromatic N) is 2. The summed E-state index contributed by atoms with van der Waals surface area (Å²) >= 11 is 0. The van der Waals surface area contributed by atoms with E-state index in [-0.39, 0.29) is 18.5 Å². The second kappa shape index (κ2) is 6.82. The Morgan fingerprint density at radius 2 is 1.92 bits per heavy atom. The van der Waals surface area contributed by atoms with Crippen LogP contribution in [0.15, 0.2) is 54.7 Å². The lowest BCUT2D eigenvalue weighted by atomic mass is 10.2. The normalized spacial score (nSPS) is 10.4. The summed E-state index contributed by atoms with van der Waals surface area (Å²) < 4.78 is 6.73. The zero-order chi connectivity index (χ0) is 16.9. The number of hydrogen-bond donors (Lipinski definition) is 2. The molecule has 2 aromatic heterocycles. The molecule has 2 heterocycles. The third kappa shape index (κ3) is 3.19. The Hall–Kier alpha value is -3.35. The SMILES string of the molecule is CNC(=O)c1cccc2cnc(NC(=O)OCc3ccccc3)n12. The van der Waals surface area contributed by atoms with Crippen LogP contribution < -0.4 is 10.6 Å². The minimum absolute atomic E-state index is 0.151. The number of carbonyl (C=O) groups is 2. The fourth-order valence-corrected chi connectivity index (χ4v) is 2.29. The summed E-state index contributed by atoms with van der Waals surface area (Å²) in [5.74, 6) is -0.0541. The first-order chi connectivity index (χ1) is 11.7. The topological polar surface area (TPSA) is 84.7 Å². The first-order valence-corrected chi connectivity index (χ1v) is 7.35. The summed E-state index contributed by atoms with van der Waals surface area (Å²) in [6.07, 6.45) is 0.928. The maximum Gasteiger partial charge on any atom is 0.414 e. The van der Waals surface area contributed by atoms with Gasteiger partial charge in [0.05, 0.1) is 11.7 Å². The minimum Gasteiger partial charge on any atom is -0.444 e.